The second kappa shape index (κ2) is 5.58. The maximum absolute atomic E-state index is 12.3. The largest absolute Gasteiger partial charge is 0.306 e. The molecule has 1 aromatic carbocycles. The van der Waals surface area contributed by atoms with E-state index in [2.05, 4.69) is 15.4 Å². The average Bonchev–Trinajstić information content (AvgIpc) is 2.90. The third-order valence-corrected chi connectivity index (χ3v) is 3.11. The number of anilines is 1. The fraction of sp³-hybridized carbons (Fsp3) is 0.0625. The van der Waals surface area contributed by atoms with E-state index in [9.17, 15) is 4.79 Å². The molecule has 104 valence electrons. The Morgan fingerprint density at radius 2 is 1.90 bits per heavy atom. The molecule has 0 saturated carbocycles. The van der Waals surface area contributed by atoms with Crippen LogP contribution in [0.25, 0.3) is 5.69 Å². The predicted molar refractivity (Wildman–Crippen MR) is 80.5 cm³/mol. The number of hydrogen-bond acceptors (Lipinski definition) is 3. The minimum atomic E-state index is -0.205. The maximum Gasteiger partial charge on any atom is 0.258 e. The lowest BCUT2D eigenvalue weighted by atomic mass is 10.2. The van der Waals surface area contributed by atoms with Crippen LogP contribution in [-0.2, 0) is 0 Å². The summed E-state index contributed by atoms with van der Waals surface area (Å²) in [5.41, 5.74) is 2.31. The van der Waals surface area contributed by atoms with E-state index >= 15 is 0 Å². The maximum atomic E-state index is 12.3. The SMILES string of the molecule is Cc1cnn(-c2ccccc2)c1NC(=O)c1cccnc1. The van der Waals surface area contributed by atoms with Crippen LogP contribution < -0.4 is 5.32 Å². The number of hydrogen-bond donors (Lipinski definition) is 1. The molecular formula is C16H14N4O. The zero-order chi connectivity index (χ0) is 14.7. The molecule has 0 aliphatic rings. The molecule has 2 aromatic heterocycles. The number of carbonyl (C=O) groups excluding carboxylic acids is 1. The number of aryl methyl sites for hydroxylation is 1. The summed E-state index contributed by atoms with van der Waals surface area (Å²) < 4.78 is 1.71. The quantitative estimate of drug-likeness (QED) is 0.801. The summed E-state index contributed by atoms with van der Waals surface area (Å²) in [4.78, 5) is 16.2. The van der Waals surface area contributed by atoms with Crippen LogP contribution in [0.1, 0.15) is 15.9 Å². The van der Waals surface area contributed by atoms with Gasteiger partial charge in [0.2, 0.25) is 0 Å². The van der Waals surface area contributed by atoms with Gasteiger partial charge in [-0.1, -0.05) is 18.2 Å². The highest BCUT2D eigenvalue weighted by atomic mass is 16.1. The van der Waals surface area contributed by atoms with Crippen molar-refractivity contribution < 1.29 is 4.79 Å². The summed E-state index contributed by atoms with van der Waals surface area (Å²) in [6.45, 7) is 1.91. The van der Waals surface area contributed by atoms with Crippen LogP contribution in [0.3, 0.4) is 0 Å². The van der Waals surface area contributed by atoms with E-state index in [4.69, 9.17) is 0 Å². The Hall–Kier alpha value is -2.95. The van der Waals surface area contributed by atoms with Crippen LogP contribution >= 0.6 is 0 Å². The Bertz CT molecular complexity index is 750. The van der Waals surface area contributed by atoms with Gasteiger partial charge in [-0.2, -0.15) is 5.10 Å². The van der Waals surface area contributed by atoms with Gasteiger partial charge in [-0.05, 0) is 31.2 Å². The van der Waals surface area contributed by atoms with Crippen molar-refractivity contribution in [2.75, 3.05) is 5.32 Å². The molecule has 0 saturated heterocycles. The molecule has 5 heteroatoms. The van der Waals surface area contributed by atoms with Crippen LogP contribution in [0.4, 0.5) is 5.82 Å². The Morgan fingerprint density at radius 3 is 2.62 bits per heavy atom. The topological polar surface area (TPSA) is 59.8 Å². The highest BCUT2D eigenvalue weighted by Gasteiger charge is 2.13. The lowest BCUT2D eigenvalue weighted by Gasteiger charge is -2.10. The molecule has 5 nitrogen and oxygen atoms in total. The lowest BCUT2D eigenvalue weighted by Crippen LogP contribution is -2.16. The van der Waals surface area contributed by atoms with Gasteiger partial charge in [-0.15, -0.1) is 0 Å². The molecule has 21 heavy (non-hydrogen) atoms. The van der Waals surface area contributed by atoms with Crippen molar-refractivity contribution in [2.24, 2.45) is 0 Å². The molecule has 3 aromatic rings. The highest BCUT2D eigenvalue weighted by Crippen LogP contribution is 2.19. The van der Waals surface area contributed by atoms with Crippen LogP contribution in [0.2, 0.25) is 0 Å². The average molecular weight is 278 g/mol. The zero-order valence-corrected chi connectivity index (χ0v) is 11.5. The number of aromatic nitrogens is 3. The summed E-state index contributed by atoms with van der Waals surface area (Å²) in [5, 5.41) is 7.21. The van der Waals surface area contributed by atoms with E-state index in [1.54, 1.807) is 29.2 Å². The first-order valence-electron chi connectivity index (χ1n) is 6.57. The normalized spacial score (nSPS) is 10.3. The van der Waals surface area contributed by atoms with Crippen molar-refractivity contribution in [3.05, 3.63) is 72.2 Å². The summed E-state index contributed by atoms with van der Waals surface area (Å²) in [6.07, 6.45) is 4.90. The van der Waals surface area contributed by atoms with Crippen molar-refractivity contribution in [2.45, 2.75) is 6.92 Å². The van der Waals surface area contributed by atoms with E-state index < -0.39 is 0 Å². The van der Waals surface area contributed by atoms with Gasteiger partial charge >= 0.3 is 0 Å². The Labute approximate surface area is 122 Å². The number of para-hydroxylation sites is 1. The summed E-state index contributed by atoms with van der Waals surface area (Å²) in [7, 11) is 0. The molecular weight excluding hydrogens is 264 g/mol. The summed E-state index contributed by atoms with van der Waals surface area (Å²) in [5.74, 6) is 0.457. The molecule has 0 atom stereocenters. The van der Waals surface area contributed by atoms with Crippen LogP contribution in [0.5, 0.6) is 0 Å². The van der Waals surface area contributed by atoms with E-state index in [0.717, 1.165) is 11.3 Å². The van der Waals surface area contributed by atoms with Crippen molar-refractivity contribution in [3.8, 4) is 5.69 Å². The number of nitrogens with one attached hydrogen (secondary N) is 1. The number of rotatable bonds is 3. The third kappa shape index (κ3) is 2.67. The van der Waals surface area contributed by atoms with Crippen molar-refractivity contribution in [1.82, 2.24) is 14.8 Å². The molecule has 3 rings (SSSR count). The van der Waals surface area contributed by atoms with Gasteiger partial charge in [0.1, 0.15) is 5.82 Å². The predicted octanol–water partition coefficient (Wildman–Crippen LogP) is 2.83. The third-order valence-electron chi connectivity index (χ3n) is 3.11. The van der Waals surface area contributed by atoms with Gasteiger partial charge in [0, 0.05) is 18.0 Å². The standard InChI is InChI=1S/C16H14N4O/c1-12-10-18-20(14-7-3-2-4-8-14)15(12)19-16(21)13-6-5-9-17-11-13/h2-11H,1H3,(H,19,21). The first kappa shape index (κ1) is 13.1. The molecule has 0 fully saturated rings. The molecule has 1 amide bonds. The smallest absolute Gasteiger partial charge is 0.258 e. The van der Waals surface area contributed by atoms with Crippen molar-refractivity contribution in [3.63, 3.8) is 0 Å². The van der Waals surface area contributed by atoms with Gasteiger partial charge in [-0.3, -0.25) is 9.78 Å². The van der Waals surface area contributed by atoms with Gasteiger partial charge in [0.25, 0.3) is 5.91 Å². The van der Waals surface area contributed by atoms with Gasteiger partial charge in [-0.25, -0.2) is 4.68 Å². The first-order valence-corrected chi connectivity index (χ1v) is 6.57. The highest BCUT2D eigenvalue weighted by molar-refractivity contribution is 6.04. The van der Waals surface area contributed by atoms with Crippen LogP contribution in [0, 0.1) is 6.92 Å². The van der Waals surface area contributed by atoms with E-state index in [1.165, 1.54) is 6.20 Å². The van der Waals surface area contributed by atoms with E-state index in [0.29, 0.717) is 11.4 Å². The minimum Gasteiger partial charge on any atom is -0.306 e. The van der Waals surface area contributed by atoms with Crippen LogP contribution in [0.15, 0.2) is 61.1 Å². The number of carbonyl (C=O) groups is 1. The Morgan fingerprint density at radius 1 is 1.10 bits per heavy atom. The molecule has 0 unspecified atom stereocenters. The Kier molecular flexibility index (Phi) is 3.47. The van der Waals surface area contributed by atoms with Crippen molar-refractivity contribution >= 4 is 11.7 Å². The molecule has 0 spiro atoms. The fourth-order valence-electron chi connectivity index (χ4n) is 2.02. The zero-order valence-electron chi connectivity index (χ0n) is 11.5. The number of benzene rings is 1. The van der Waals surface area contributed by atoms with Crippen LogP contribution in [-0.4, -0.2) is 20.7 Å². The second-order valence-electron chi connectivity index (χ2n) is 4.62. The van der Waals surface area contributed by atoms with Crippen molar-refractivity contribution in [1.29, 1.82) is 0 Å². The minimum absolute atomic E-state index is 0.205. The number of nitrogens with zero attached hydrogens (tertiary/aromatic N) is 3. The molecule has 0 bridgehead atoms. The molecule has 2 heterocycles. The first-order chi connectivity index (χ1) is 10.3. The Balaban J connectivity index is 1.93. The monoisotopic (exact) mass is 278 g/mol. The molecule has 0 aliphatic heterocycles. The summed E-state index contributed by atoms with van der Waals surface area (Å²) in [6, 6.07) is 13.1. The number of pyridine rings is 1. The van der Waals surface area contributed by atoms with E-state index in [1.807, 2.05) is 37.3 Å². The summed E-state index contributed by atoms with van der Waals surface area (Å²) >= 11 is 0. The molecule has 0 radical (unpaired) electrons. The van der Waals surface area contributed by atoms with E-state index in [-0.39, 0.29) is 5.91 Å². The van der Waals surface area contributed by atoms with Gasteiger partial charge in [0.05, 0.1) is 17.4 Å². The molecule has 1 N–H and O–H groups in total. The fourth-order valence-corrected chi connectivity index (χ4v) is 2.02. The molecule has 0 aliphatic carbocycles. The second-order valence-corrected chi connectivity index (χ2v) is 4.62. The lowest BCUT2D eigenvalue weighted by molar-refractivity contribution is 0.102. The van der Waals surface area contributed by atoms with Gasteiger partial charge in [0.15, 0.2) is 0 Å². The van der Waals surface area contributed by atoms with Gasteiger partial charge < -0.3 is 5.32 Å². The number of amides is 1.